The van der Waals surface area contributed by atoms with Crippen molar-refractivity contribution in [3.8, 4) is 6.07 Å². The lowest BCUT2D eigenvalue weighted by Crippen LogP contribution is -2.42. The fourth-order valence-corrected chi connectivity index (χ4v) is 3.58. The molecule has 3 rings (SSSR count). The fraction of sp³-hybridized carbons (Fsp3) is 0.733. The van der Waals surface area contributed by atoms with Gasteiger partial charge in [-0.1, -0.05) is 18.0 Å². The average Bonchev–Trinajstić information content (AvgIpc) is 3.20. The minimum Gasteiger partial charge on any atom is -0.389 e. The summed E-state index contributed by atoms with van der Waals surface area (Å²) in [5, 5.41) is 13.3. The van der Waals surface area contributed by atoms with Gasteiger partial charge in [-0.15, -0.1) is 0 Å². The molecule has 0 spiro atoms. The quantitative estimate of drug-likeness (QED) is 0.737. The molecule has 2 aliphatic heterocycles. The second-order valence-corrected chi connectivity index (χ2v) is 6.54. The molecular formula is C15H20N4O3. The highest BCUT2D eigenvalue weighted by Crippen LogP contribution is 2.41. The van der Waals surface area contributed by atoms with Crippen LogP contribution in [0.5, 0.6) is 0 Å². The van der Waals surface area contributed by atoms with E-state index in [4.69, 9.17) is 4.84 Å². The molecule has 1 saturated carbocycles. The summed E-state index contributed by atoms with van der Waals surface area (Å²) in [6.07, 6.45) is 2.84. The second kappa shape index (κ2) is 5.27. The molecule has 7 nitrogen and oxygen atoms in total. The first-order chi connectivity index (χ1) is 10.5. The largest absolute Gasteiger partial charge is 0.389 e. The maximum absolute atomic E-state index is 12.8. The molecule has 0 aromatic heterocycles. The van der Waals surface area contributed by atoms with E-state index < -0.39 is 5.41 Å². The van der Waals surface area contributed by atoms with E-state index in [1.807, 2.05) is 0 Å². The van der Waals surface area contributed by atoms with E-state index >= 15 is 0 Å². The van der Waals surface area contributed by atoms with Gasteiger partial charge in [0.15, 0.2) is 11.8 Å². The molecule has 2 atom stereocenters. The van der Waals surface area contributed by atoms with Gasteiger partial charge in [0, 0.05) is 20.6 Å². The van der Waals surface area contributed by atoms with E-state index in [0.717, 1.165) is 12.8 Å². The van der Waals surface area contributed by atoms with Crippen molar-refractivity contribution in [2.24, 2.45) is 16.5 Å². The monoisotopic (exact) mass is 304 g/mol. The zero-order chi connectivity index (χ0) is 15.9. The molecule has 0 unspecified atom stereocenters. The van der Waals surface area contributed by atoms with Crippen molar-refractivity contribution >= 4 is 17.5 Å². The highest BCUT2D eigenvalue weighted by atomic mass is 16.6. The normalized spacial score (nSPS) is 28.6. The molecule has 0 aromatic carbocycles. The van der Waals surface area contributed by atoms with Crippen LogP contribution in [-0.2, 0) is 14.4 Å². The van der Waals surface area contributed by atoms with E-state index in [9.17, 15) is 14.9 Å². The Morgan fingerprint density at radius 3 is 2.64 bits per heavy atom. The van der Waals surface area contributed by atoms with Gasteiger partial charge < -0.3 is 14.6 Å². The Hall–Kier alpha value is -2.10. The zero-order valence-corrected chi connectivity index (χ0v) is 12.9. The van der Waals surface area contributed by atoms with Gasteiger partial charge in [0.1, 0.15) is 5.41 Å². The van der Waals surface area contributed by atoms with Gasteiger partial charge >= 0.3 is 0 Å². The van der Waals surface area contributed by atoms with Gasteiger partial charge in [-0.05, 0) is 12.8 Å². The van der Waals surface area contributed by atoms with Crippen LogP contribution in [-0.4, -0.2) is 60.6 Å². The SMILES string of the molecule is CN(C)C(=O)C1=NO[C@@H]2CN(C(=O)C3(C#N)CCCC3)C[C@H]12. The number of nitrogens with zero attached hydrogens (tertiary/aromatic N) is 4. The van der Waals surface area contributed by atoms with Gasteiger partial charge in [-0.3, -0.25) is 9.59 Å². The maximum atomic E-state index is 12.8. The average molecular weight is 304 g/mol. The summed E-state index contributed by atoms with van der Waals surface area (Å²) in [7, 11) is 3.33. The van der Waals surface area contributed by atoms with Crippen LogP contribution in [0.25, 0.3) is 0 Å². The van der Waals surface area contributed by atoms with E-state index in [1.54, 1.807) is 19.0 Å². The fourth-order valence-electron chi connectivity index (χ4n) is 3.58. The predicted molar refractivity (Wildman–Crippen MR) is 77.6 cm³/mol. The lowest BCUT2D eigenvalue weighted by molar-refractivity contribution is -0.138. The van der Waals surface area contributed by atoms with Crippen LogP contribution >= 0.6 is 0 Å². The number of fused-ring (bicyclic) bond motifs is 1. The van der Waals surface area contributed by atoms with Gasteiger partial charge in [0.05, 0.1) is 18.5 Å². The topological polar surface area (TPSA) is 86.0 Å². The molecule has 1 aliphatic carbocycles. The molecule has 2 fully saturated rings. The van der Waals surface area contributed by atoms with Crippen molar-refractivity contribution in [2.75, 3.05) is 27.2 Å². The van der Waals surface area contributed by atoms with Crippen molar-refractivity contribution in [1.82, 2.24) is 9.80 Å². The number of carbonyl (C=O) groups is 2. The van der Waals surface area contributed by atoms with E-state index in [2.05, 4.69) is 11.2 Å². The number of carbonyl (C=O) groups excluding carboxylic acids is 2. The van der Waals surface area contributed by atoms with Crippen LogP contribution in [0.2, 0.25) is 0 Å². The molecule has 3 aliphatic rings. The molecule has 0 aromatic rings. The van der Waals surface area contributed by atoms with Crippen LogP contribution in [0.4, 0.5) is 0 Å². The molecule has 118 valence electrons. The molecular weight excluding hydrogens is 284 g/mol. The standard InChI is InChI=1S/C15H20N4O3/c1-18(2)13(20)12-10-7-19(8-11(10)22-17-12)14(21)15(9-16)5-3-4-6-15/h10-11H,3-8H2,1-2H3/t10-,11+/m0/s1. The first-order valence-electron chi connectivity index (χ1n) is 7.64. The molecule has 0 radical (unpaired) electrons. The van der Waals surface area contributed by atoms with Crippen LogP contribution < -0.4 is 0 Å². The Kier molecular flexibility index (Phi) is 3.55. The van der Waals surface area contributed by atoms with Gasteiger partial charge in [-0.2, -0.15) is 5.26 Å². The molecule has 0 N–H and O–H groups in total. The van der Waals surface area contributed by atoms with Crippen molar-refractivity contribution in [1.29, 1.82) is 5.26 Å². The third-order valence-electron chi connectivity index (χ3n) is 4.90. The highest BCUT2D eigenvalue weighted by Gasteiger charge is 2.51. The third-order valence-corrected chi connectivity index (χ3v) is 4.90. The Labute approximate surface area is 129 Å². The Balaban J connectivity index is 1.73. The van der Waals surface area contributed by atoms with Crippen molar-refractivity contribution in [2.45, 2.75) is 31.8 Å². The number of hydrogen-bond acceptors (Lipinski definition) is 5. The summed E-state index contributed by atoms with van der Waals surface area (Å²) < 4.78 is 0. The molecule has 0 bridgehead atoms. The third kappa shape index (κ3) is 2.14. The number of oxime groups is 1. The Bertz CT molecular complexity index is 572. The van der Waals surface area contributed by atoms with Crippen molar-refractivity contribution in [3.05, 3.63) is 0 Å². The van der Waals surface area contributed by atoms with E-state index in [1.165, 1.54) is 4.90 Å². The van der Waals surface area contributed by atoms with Crippen LogP contribution in [0.1, 0.15) is 25.7 Å². The number of amides is 2. The number of rotatable bonds is 2. The molecule has 7 heteroatoms. The first-order valence-corrected chi connectivity index (χ1v) is 7.64. The van der Waals surface area contributed by atoms with Crippen LogP contribution in [0.15, 0.2) is 5.16 Å². The van der Waals surface area contributed by atoms with Gasteiger partial charge in [-0.25, -0.2) is 0 Å². The van der Waals surface area contributed by atoms with Crippen molar-refractivity contribution < 1.29 is 14.4 Å². The lowest BCUT2D eigenvalue weighted by atomic mass is 9.86. The second-order valence-electron chi connectivity index (χ2n) is 6.54. The smallest absolute Gasteiger partial charge is 0.271 e. The minimum absolute atomic E-state index is 0.109. The summed E-state index contributed by atoms with van der Waals surface area (Å²) in [5.41, 5.74) is -0.496. The molecule has 22 heavy (non-hydrogen) atoms. The number of nitriles is 1. The van der Waals surface area contributed by atoms with Crippen LogP contribution in [0, 0.1) is 22.7 Å². The van der Waals surface area contributed by atoms with E-state index in [-0.39, 0.29) is 23.8 Å². The van der Waals surface area contributed by atoms with Crippen LogP contribution in [0.3, 0.4) is 0 Å². The minimum atomic E-state index is -0.874. The van der Waals surface area contributed by atoms with Gasteiger partial charge in [0.2, 0.25) is 5.91 Å². The van der Waals surface area contributed by atoms with E-state index in [0.29, 0.717) is 31.6 Å². The number of hydrogen-bond donors (Lipinski definition) is 0. The summed E-state index contributed by atoms with van der Waals surface area (Å²) >= 11 is 0. The zero-order valence-electron chi connectivity index (χ0n) is 12.9. The summed E-state index contributed by atoms with van der Waals surface area (Å²) in [5.74, 6) is -0.476. The molecule has 1 saturated heterocycles. The maximum Gasteiger partial charge on any atom is 0.271 e. The summed E-state index contributed by atoms with van der Waals surface area (Å²) in [6, 6.07) is 2.23. The summed E-state index contributed by atoms with van der Waals surface area (Å²) in [6.45, 7) is 0.811. The van der Waals surface area contributed by atoms with Gasteiger partial charge in [0.25, 0.3) is 5.91 Å². The van der Waals surface area contributed by atoms with Crippen molar-refractivity contribution in [3.63, 3.8) is 0 Å². The Morgan fingerprint density at radius 2 is 2.05 bits per heavy atom. The number of likely N-dealkylation sites (tertiary alicyclic amines) is 1. The lowest BCUT2D eigenvalue weighted by Gasteiger charge is -2.26. The Morgan fingerprint density at radius 1 is 1.36 bits per heavy atom. The summed E-state index contributed by atoms with van der Waals surface area (Å²) in [4.78, 5) is 33.3. The molecule has 2 amide bonds. The predicted octanol–water partition coefficient (Wildman–Crippen LogP) is 0.372. The first kappa shape index (κ1) is 14.8. The molecule has 2 heterocycles. The highest BCUT2D eigenvalue weighted by molar-refractivity contribution is 6.40.